The van der Waals surface area contributed by atoms with Crippen molar-refractivity contribution < 1.29 is 9.72 Å². The molecule has 1 N–H and O–H groups in total. The molecule has 4 rings (SSSR count). The highest BCUT2D eigenvalue weighted by Gasteiger charge is 2.16. The molecule has 2 aromatic carbocycles. The van der Waals surface area contributed by atoms with E-state index in [9.17, 15) is 14.9 Å². The van der Waals surface area contributed by atoms with Gasteiger partial charge in [-0.15, -0.1) is 10.2 Å². The lowest BCUT2D eigenvalue weighted by Gasteiger charge is -2.11. The van der Waals surface area contributed by atoms with E-state index in [0.717, 1.165) is 17.9 Å². The number of rotatable bonds is 10. The number of aryl methyl sites for hydroxylation is 2. The number of benzene rings is 2. The minimum absolute atomic E-state index is 0.0728. The molecule has 0 atom stereocenters. The SMILES string of the molecule is Cn1cccc1Cc1nnc(SCC(=O)Nc2cccc([N+](=O)[O-])c2)n1CCc1ccccc1. The van der Waals surface area contributed by atoms with Crippen LogP contribution in [0.2, 0.25) is 0 Å². The average Bonchev–Trinajstić information content (AvgIpc) is 3.42. The quantitative estimate of drug-likeness (QED) is 0.210. The van der Waals surface area contributed by atoms with E-state index < -0.39 is 4.92 Å². The van der Waals surface area contributed by atoms with Crippen molar-refractivity contribution in [1.82, 2.24) is 19.3 Å². The van der Waals surface area contributed by atoms with E-state index in [0.29, 0.717) is 23.8 Å². The van der Waals surface area contributed by atoms with Crippen molar-refractivity contribution >= 4 is 29.0 Å². The Hall–Kier alpha value is -3.92. The molecule has 0 spiro atoms. The molecule has 2 heterocycles. The number of hydrogen-bond acceptors (Lipinski definition) is 6. The van der Waals surface area contributed by atoms with Crippen molar-refractivity contribution in [2.75, 3.05) is 11.1 Å². The zero-order valence-corrected chi connectivity index (χ0v) is 19.4. The van der Waals surface area contributed by atoms with Crippen LogP contribution in [0.25, 0.3) is 0 Å². The number of amides is 1. The van der Waals surface area contributed by atoms with Crippen LogP contribution in [0.1, 0.15) is 17.1 Å². The van der Waals surface area contributed by atoms with E-state index in [1.165, 1.54) is 35.5 Å². The van der Waals surface area contributed by atoms with Gasteiger partial charge in [0.2, 0.25) is 5.91 Å². The molecule has 0 unspecified atom stereocenters. The van der Waals surface area contributed by atoms with Gasteiger partial charge in [0.25, 0.3) is 5.69 Å². The van der Waals surface area contributed by atoms with Gasteiger partial charge >= 0.3 is 0 Å². The van der Waals surface area contributed by atoms with E-state index in [1.54, 1.807) is 6.07 Å². The van der Waals surface area contributed by atoms with Gasteiger partial charge in [0.15, 0.2) is 5.16 Å². The molecule has 0 fully saturated rings. The number of anilines is 1. The van der Waals surface area contributed by atoms with Gasteiger partial charge in [-0.05, 0) is 30.2 Å². The van der Waals surface area contributed by atoms with Crippen LogP contribution in [0, 0.1) is 10.1 Å². The van der Waals surface area contributed by atoms with Crippen molar-refractivity contribution in [3.63, 3.8) is 0 Å². The number of nitro groups is 1. The van der Waals surface area contributed by atoms with Gasteiger partial charge in [0, 0.05) is 49.7 Å². The van der Waals surface area contributed by atoms with E-state index in [-0.39, 0.29) is 17.3 Å². The summed E-state index contributed by atoms with van der Waals surface area (Å²) in [6.07, 6.45) is 3.44. The third kappa shape index (κ3) is 5.90. The number of nitrogens with zero attached hydrogens (tertiary/aromatic N) is 5. The van der Waals surface area contributed by atoms with E-state index in [2.05, 4.69) is 42.8 Å². The molecule has 9 nitrogen and oxygen atoms in total. The molecular weight excluding hydrogens is 452 g/mol. The number of non-ortho nitro benzene ring substituents is 1. The molecule has 0 radical (unpaired) electrons. The first-order chi connectivity index (χ1) is 16.5. The molecule has 0 saturated heterocycles. The van der Waals surface area contributed by atoms with Crippen LogP contribution in [0.5, 0.6) is 0 Å². The predicted octanol–water partition coefficient (Wildman–Crippen LogP) is 4.09. The Labute approximate surface area is 201 Å². The van der Waals surface area contributed by atoms with Gasteiger partial charge in [-0.3, -0.25) is 14.9 Å². The Balaban J connectivity index is 1.46. The summed E-state index contributed by atoms with van der Waals surface area (Å²) >= 11 is 1.29. The highest BCUT2D eigenvalue weighted by atomic mass is 32.2. The fourth-order valence-corrected chi connectivity index (χ4v) is 4.32. The molecular formula is C24H24N6O3S. The van der Waals surface area contributed by atoms with Gasteiger partial charge in [0.1, 0.15) is 5.82 Å². The summed E-state index contributed by atoms with van der Waals surface area (Å²) in [5, 5.41) is 23.1. The first-order valence-corrected chi connectivity index (χ1v) is 11.7. The van der Waals surface area contributed by atoms with Gasteiger partial charge in [0.05, 0.1) is 10.7 Å². The lowest BCUT2D eigenvalue weighted by Crippen LogP contribution is -2.15. The maximum absolute atomic E-state index is 12.5. The smallest absolute Gasteiger partial charge is 0.271 e. The van der Waals surface area contributed by atoms with Crippen LogP contribution < -0.4 is 5.32 Å². The fraction of sp³-hybridized carbons (Fsp3) is 0.208. The first-order valence-electron chi connectivity index (χ1n) is 10.7. The van der Waals surface area contributed by atoms with Crippen molar-refractivity contribution in [2.24, 2.45) is 7.05 Å². The molecule has 0 aliphatic rings. The third-order valence-electron chi connectivity index (χ3n) is 5.32. The number of nitro benzene ring substituents is 1. The minimum atomic E-state index is -0.492. The van der Waals surface area contributed by atoms with E-state index in [4.69, 9.17) is 0 Å². The summed E-state index contributed by atoms with van der Waals surface area (Å²) in [7, 11) is 1.99. The van der Waals surface area contributed by atoms with E-state index >= 15 is 0 Å². The molecule has 2 aromatic heterocycles. The Kier molecular flexibility index (Phi) is 7.38. The molecule has 0 aliphatic carbocycles. The maximum atomic E-state index is 12.5. The van der Waals surface area contributed by atoms with Crippen molar-refractivity contribution in [1.29, 1.82) is 0 Å². The number of carbonyl (C=O) groups excluding carboxylic acids is 1. The molecule has 0 saturated carbocycles. The summed E-state index contributed by atoms with van der Waals surface area (Å²) in [6, 6.07) is 20.1. The predicted molar refractivity (Wildman–Crippen MR) is 131 cm³/mol. The lowest BCUT2D eigenvalue weighted by molar-refractivity contribution is -0.384. The standard InChI is InChI=1S/C24H24N6O3S/c1-28-13-6-11-20(28)16-22-26-27-24(29(22)14-12-18-7-3-2-4-8-18)34-17-23(31)25-19-9-5-10-21(15-19)30(32)33/h2-11,13,15H,12,14,16-17H2,1H3,(H,25,31). The van der Waals surface area contributed by atoms with Crippen LogP contribution in [-0.2, 0) is 31.2 Å². The normalized spacial score (nSPS) is 10.9. The minimum Gasteiger partial charge on any atom is -0.354 e. The Morgan fingerprint density at radius 2 is 1.91 bits per heavy atom. The molecule has 10 heteroatoms. The Morgan fingerprint density at radius 1 is 1.09 bits per heavy atom. The van der Waals surface area contributed by atoms with Crippen LogP contribution in [0.3, 0.4) is 0 Å². The largest absolute Gasteiger partial charge is 0.354 e. The topological polar surface area (TPSA) is 108 Å². The van der Waals surface area contributed by atoms with Crippen LogP contribution in [0.15, 0.2) is 78.1 Å². The number of aromatic nitrogens is 4. The van der Waals surface area contributed by atoms with Crippen molar-refractivity contribution in [3.8, 4) is 0 Å². The van der Waals surface area contributed by atoms with Gasteiger partial charge < -0.3 is 14.5 Å². The second-order valence-electron chi connectivity index (χ2n) is 7.72. The monoisotopic (exact) mass is 476 g/mol. The summed E-state index contributed by atoms with van der Waals surface area (Å²) < 4.78 is 4.11. The maximum Gasteiger partial charge on any atom is 0.271 e. The van der Waals surface area contributed by atoms with Crippen molar-refractivity contribution in [3.05, 3.63) is 100 Å². The highest BCUT2D eigenvalue weighted by molar-refractivity contribution is 7.99. The van der Waals surface area contributed by atoms with E-state index in [1.807, 2.05) is 37.5 Å². The molecule has 1 amide bonds. The van der Waals surface area contributed by atoms with Crippen LogP contribution in [0.4, 0.5) is 11.4 Å². The fourth-order valence-electron chi connectivity index (χ4n) is 3.53. The van der Waals surface area contributed by atoms with Crippen LogP contribution >= 0.6 is 11.8 Å². The number of nitrogens with one attached hydrogen (secondary N) is 1. The zero-order valence-electron chi connectivity index (χ0n) is 18.6. The summed E-state index contributed by atoms with van der Waals surface area (Å²) in [5.41, 5.74) is 2.64. The third-order valence-corrected chi connectivity index (χ3v) is 6.29. The molecule has 4 aromatic rings. The second kappa shape index (κ2) is 10.8. The second-order valence-corrected chi connectivity index (χ2v) is 8.66. The number of thioether (sulfide) groups is 1. The Morgan fingerprint density at radius 3 is 2.65 bits per heavy atom. The molecule has 0 bridgehead atoms. The molecule has 0 aliphatic heterocycles. The lowest BCUT2D eigenvalue weighted by atomic mass is 10.1. The van der Waals surface area contributed by atoms with Gasteiger partial charge in [-0.1, -0.05) is 48.2 Å². The molecule has 34 heavy (non-hydrogen) atoms. The number of carbonyl (C=O) groups is 1. The highest BCUT2D eigenvalue weighted by Crippen LogP contribution is 2.21. The van der Waals surface area contributed by atoms with Gasteiger partial charge in [-0.2, -0.15) is 0 Å². The summed E-state index contributed by atoms with van der Waals surface area (Å²) in [6.45, 7) is 0.686. The Bertz CT molecular complexity index is 1280. The molecule has 174 valence electrons. The number of hydrogen-bond donors (Lipinski definition) is 1. The summed E-state index contributed by atoms with van der Waals surface area (Å²) in [4.78, 5) is 23.0. The van der Waals surface area contributed by atoms with Crippen LogP contribution in [-0.4, -0.2) is 35.9 Å². The zero-order chi connectivity index (χ0) is 23.9. The van der Waals surface area contributed by atoms with Gasteiger partial charge in [-0.25, -0.2) is 0 Å². The van der Waals surface area contributed by atoms with Crippen molar-refractivity contribution in [2.45, 2.75) is 24.5 Å². The first kappa shape index (κ1) is 23.2. The summed E-state index contributed by atoms with van der Waals surface area (Å²) in [5.74, 6) is 0.669. The average molecular weight is 477 g/mol.